The second-order valence-corrected chi connectivity index (χ2v) is 6.39. The maximum Gasteiger partial charge on any atom is 0.314 e. The number of amides is 3. The maximum absolute atomic E-state index is 12.3. The van der Waals surface area contributed by atoms with E-state index in [1.54, 1.807) is 0 Å². The second-order valence-electron chi connectivity index (χ2n) is 6.39. The molecule has 0 unspecified atom stereocenters. The number of carbonyl (C=O) groups is 2. The van der Waals surface area contributed by atoms with Gasteiger partial charge in [0.1, 0.15) is 0 Å². The molecule has 2 N–H and O–H groups in total. The van der Waals surface area contributed by atoms with Crippen LogP contribution in [0.1, 0.15) is 24.8 Å². The Kier molecular flexibility index (Phi) is 5.69. The smallest absolute Gasteiger partial charge is 0.314 e. The van der Waals surface area contributed by atoms with E-state index >= 15 is 0 Å². The predicted octanol–water partition coefficient (Wildman–Crippen LogP) is 1.69. The van der Waals surface area contributed by atoms with Gasteiger partial charge in [-0.2, -0.15) is 0 Å². The molecule has 130 valence electrons. The van der Waals surface area contributed by atoms with E-state index in [1.165, 1.54) is 5.56 Å². The van der Waals surface area contributed by atoms with Crippen molar-refractivity contribution < 1.29 is 14.3 Å². The number of anilines is 1. The second kappa shape index (κ2) is 8.15. The van der Waals surface area contributed by atoms with Crippen LogP contribution in [0.2, 0.25) is 0 Å². The average molecular weight is 331 g/mol. The summed E-state index contributed by atoms with van der Waals surface area (Å²) in [5.74, 6) is 0.554. The highest BCUT2D eigenvalue weighted by Crippen LogP contribution is 2.27. The summed E-state index contributed by atoms with van der Waals surface area (Å²) in [6.07, 6.45) is 3.03. The molecule has 2 heterocycles. The zero-order chi connectivity index (χ0) is 16.8. The number of rotatable bonds is 6. The fourth-order valence-corrected chi connectivity index (χ4v) is 3.22. The average Bonchev–Trinajstić information content (AvgIpc) is 3.26. The van der Waals surface area contributed by atoms with Gasteiger partial charge in [-0.05, 0) is 30.9 Å². The van der Waals surface area contributed by atoms with E-state index in [0.717, 1.165) is 38.3 Å². The van der Waals surface area contributed by atoms with Gasteiger partial charge in [0.05, 0.1) is 6.61 Å². The van der Waals surface area contributed by atoms with Gasteiger partial charge in [-0.1, -0.05) is 18.2 Å². The lowest BCUT2D eigenvalue weighted by molar-refractivity contribution is -0.118. The molecule has 2 aliphatic heterocycles. The molecule has 3 rings (SSSR count). The SMILES string of the molecule is O=C(NCCCC(=O)N1CCc2ccccc21)NC[C@@H]1CCOC1. The van der Waals surface area contributed by atoms with Crippen LogP contribution in [0, 0.1) is 5.92 Å². The number of hydrogen-bond acceptors (Lipinski definition) is 3. The Balaban J connectivity index is 1.32. The van der Waals surface area contributed by atoms with E-state index in [2.05, 4.69) is 16.7 Å². The van der Waals surface area contributed by atoms with Crippen LogP contribution in [-0.2, 0) is 16.0 Å². The molecule has 1 aromatic carbocycles. The van der Waals surface area contributed by atoms with E-state index in [1.807, 2.05) is 23.1 Å². The Morgan fingerprint density at radius 1 is 1.25 bits per heavy atom. The van der Waals surface area contributed by atoms with Gasteiger partial charge in [0.2, 0.25) is 5.91 Å². The number of hydrogen-bond donors (Lipinski definition) is 2. The number of carbonyl (C=O) groups excluding carboxylic acids is 2. The summed E-state index contributed by atoms with van der Waals surface area (Å²) in [6.45, 7) is 3.43. The predicted molar refractivity (Wildman–Crippen MR) is 92.1 cm³/mol. The third-order valence-corrected chi connectivity index (χ3v) is 4.62. The molecule has 24 heavy (non-hydrogen) atoms. The topological polar surface area (TPSA) is 70.7 Å². The third-order valence-electron chi connectivity index (χ3n) is 4.62. The molecule has 0 aliphatic carbocycles. The number of nitrogens with zero attached hydrogens (tertiary/aromatic N) is 1. The van der Waals surface area contributed by atoms with Crippen molar-refractivity contribution in [2.75, 3.05) is 37.7 Å². The summed E-state index contributed by atoms with van der Waals surface area (Å²) >= 11 is 0. The van der Waals surface area contributed by atoms with Crippen LogP contribution in [0.3, 0.4) is 0 Å². The van der Waals surface area contributed by atoms with Crippen LogP contribution in [0.4, 0.5) is 10.5 Å². The van der Waals surface area contributed by atoms with Crippen molar-refractivity contribution in [2.45, 2.75) is 25.7 Å². The molecule has 3 amide bonds. The van der Waals surface area contributed by atoms with Crippen molar-refractivity contribution in [2.24, 2.45) is 5.92 Å². The normalized spacial score (nSPS) is 19.2. The first-order valence-corrected chi connectivity index (χ1v) is 8.72. The van der Waals surface area contributed by atoms with Crippen molar-refractivity contribution in [1.29, 1.82) is 0 Å². The quantitative estimate of drug-likeness (QED) is 0.779. The summed E-state index contributed by atoms with van der Waals surface area (Å²) in [4.78, 5) is 25.9. The van der Waals surface area contributed by atoms with Crippen molar-refractivity contribution in [3.63, 3.8) is 0 Å². The summed E-state index contributed by atoms with van der Waals surface area (Å²) < 4.78 is 5.27. The first kappa shape index (κ1) is 16.8. The number of nitrogens with one attached hydrogen (secondary N) is 2. The molecular formula is C18H25N3O3. The first-order valence-electron chi connectivity index (χ1n) is 8.72. The Labute approximate surface area is 142 Å². The van der Waals surface area contributed by atoms with Gasteiger partial charge < -0.3 is 20.3 Å². The lowest BCUT2D eigenvalue weighted by Gasteiger charge is -2.17. The standard InChI is InChI=1S/C18H25N3O3/c22-17(21-10-7-15-4-1-2-5-16(15)21)6-3-9-19-18(23)20-12-14-8-11-24-13-14/h1-2,4-5,14H,3,6-13H2,(H2,19,20,23)/t14-/m0/s1. The van der Waals surface area contributed by atoms with Crippen LogP contribution in [0.5, 0.6) is 0 Å². The summed E-state index contributed by atoms with van der Waals surface area (Å²) in [7, 11) is 0. The molecule has 1 fully saturated rings. The van der Waals surface area contributed by atoms with Crippen molar-refractivity contribution in [1.82, 2.24) is 10.6 Å². The molecule has 1 atom stereocenters. The minimum Gasteiger partial charge on any atom is -0.381 e. The van der Waals surface area contributed by atoms with E-state index in [9.17, 15) is 9.59 Å². The monoisotopic (exact) mass is 331 g/mol. The van der Waals surface area contributed by atoms with Crippen LogP contribution in [0.25, 0.3) is 0 Å². The Morgan fingerprint density at radius 2 is 2.12 bits per heavy atom. The van der Waals surface area contributed by atoms with Gasteiger partial charge in [-0.15, -0.1) is 0 Å². The highest BCUT2D eigenvalue weighted by atomic mass is 16.5. The number of urea groups is 1. The molecule has 0 bridgehead atoms. The van der Waals surface area contributed by atoms with Crippen LogP contribution >= 0.6 is 0 Å². The van der Waals surface area contributed by atoms with E-state index in [4.69, 9.17) is 4.74 Å². The van der Waals surface area contributed by atoms with Gasteiger partial charge >= 0.3 is 6.03 Å². The van der Waals surface area contributed by atoms with E-state index in [0.29, 0.717) is 31.8 Å². The molecule has 1 saturated heterocycles. The fraction of sp³-hybridized carbons (Fsp3) is 0.556. The minimum atomic E-state index is -0.166. The van der Waals surface area contributed by atoms with Gasteiger partial charge in [0, 0.05) is 44.3 Å². The molecule has 0 aromatic heterocycles. The summed E-state index contributed by atoms with van der Waals surface area (Å²) in [6, 6.07) is 7.88. The molecule has 2 aliphatic rings. The van der Waals surface area contributed by atoms with Crippen LogP contribution < -0.4 is 15.5 Å². The molecular weight excluding hydrogens is 306 g/mol. The Bertz CT molecular complexity index is 585. The Hall–Kier alpha value is -2.08. The van der Waals surface area contributed by atoms with E-state index < -0.39 is 0 Å². The highest BCUT2D eigenvalue weighted by Gasteiger charge is 2.23. The van der Waals surface area contributed by atoms with Crippen LogP contribution in [-0.4, -0.2) is 44.8 Å². The number of para-hydroxylation sites is 1. The molecule has 0 radical (unpaired) electrons. The van der Waals surface area contributed by atoms with Crippen molar-refractivity contribution in [3.05, 3.63) is 29.8 Å². The molecule has 0 saturated carbocycles. The number of ether oxygens (including phenoxy) is 1. The van der Waals surface area contributed by atoms with Crippen molar-refractivity contribution >= 4 is 17.6 Å². The van der Waals surface area contributed by atoms with Gasteiger partial charge in [0.25, 0.3) is 0 Å². The van der Waals surface area contributed by atoms with Gasteiger partial charge in [0.15, 0.2) is 0 Å². The molecule has 6 nitrogen and oxygen atoms in total. The van der Waals surface area contributed by atoms with Crippen molar-refractivity contribution in [3.8, 4) is 0 Å². The zero-order valence-corrected chi connectivity index (χ0v) is 13.9. The third kappa shape index (κ3) is 4.26. The van der Waals surface area contributed by atoms with Crippen LogP contribution in [0.15, 0.2) is 24.3 Å². The van der Waals surface area contributed by atoms with E-state index in [-0.39, 0.29) is 11.9 Å². The largest absolute Gasteiger partial charge is 0.381 e. The lowest BCUT2D eigenvalue weighted by Crippen LogP contribution is -2.39. The fourth-order valence-electron chi connectivity index (χ4n) is 3.22. The number of fused-ring (bicyclic) bond motifs is 1. The lowest BCUT2D eigenvalue weighted by atomic mass is 10.1. The molecule has 6 heteroatoms. The minimum absolute atomic E-state index is 0.130. The Morgan fingerprint density at radius 3 is 2.96 bits per heavy atom. The van der Waals surface area contributed by atoms with Gasteiger partial charge in [-0.3, -0.25) is 4.79 Å². The highest BCUT2D eigenvalue weighted by molar-refractivity contribution is 5.95. The molecule has 1 aromatic rings. The molecule has 0 spiro atoms. The zero-order valence-electron chi connectivity index (χ0n) is 13.9. The number of benzene rings is 1. The van der Waals surface area contributed by atoms with Gasteiger partial charge in [-0.25, -0.2) is 4.79 Å². The maximum atomic E-state index is 12.3. The summed E-state index contributed by atoms with van der Waals surface area (Å²) in [5, 5.41) is 5.67. The summed E-state index contributed by atoms with van der Waals surface area (Å²) in [5.41, 5.74) is 2.27. The first-order chi connectivity index (χ1) is 11.7.